The van der Waals surface area contributed by atoms with Crippen LogP contribution in [0.3, 0.4) is 0 Å². The first-order valence-corrected chi connectivity index (χ1v) is 11.2. The van der Waals surface area contributed by atoms with Crippen LogP contribution in [0.4, 0.5) is 5.69 Å². The molecule has 0 bridgehead atoms. The minimum atomic E-state index is -0.520. The van der Waals surface area contributed by atoms with Crippen LogP contribution in [0.5, 0.6) is 5.75 Å². The predicted octanol–water partition coefficient (Wildman–Crippen LogP) is 3.40. The van der Waals surface area contributed by atoms with E-state index in [1.807, 2.05) is 54.6 Å². The van der Waals surface area contributed by atoms with Gasteiger partial charge in [-0.3, -0.25) is 19.4 Å². The number of para-hydroxylation sites is 1. The molecule has 2 heterocycles. The third kappa shape index (κ3) is 4.56. The van der Waals surface area contributed by atoms with Gasteiger partial charge < -0.3 is 10.1 Å². The molecule has 1 amide bonds. The van der Waals surface area contributed by atoms with Crippen LogP contribution in [0.1, 0.15) is 12.6 Å². The number of carbonyl (C=O) groups excluding carboxylic acids is 1. The molecule has 9 nitrogen and oxygen atoms in total. The fourth-order valence-corrected chi connectivity index (χ4v) is 4.05. The summed E-state index contributed by atoms with van der Waals surface area (Å²) >= 11 is 1.21. The van der Waals surface area contributed by atoms with Crippen molar-refractivity contribution in [3.05, 3.63) is 70.6 Å². The first-order valence-electron chi connectivity index (χ1n) is 10.3. The monoisotopic (exact) mass is 464 g/mol. The normalized spacial score (nSPS) is 11.9. The van der Waals surface area contributed by atoms with Gasteiger partial charge in [-0.15, -0.1) is 5.10 Å². The minimum Gasteiger partial charge on any atom is -0.497 e. The molecule has 0 spiro atoms. The zero-order chi connectivity index (χ0) is 23.5. The Bertz CT molecular complexity index is 1320. The predicted molar refractivity (Wildman–Crippen MR) is 128 cm³/mol. The fraction of sp³-hybridized carbons (Fsp3) is 0.217. The Morgan fingerprint density at radius 2 is 1.85 bits per heavy atom. The molecule has 0 saturated carbocycles. The van der Waals surface area contributed by atoms with E-state index in [9.17, 15) is 9.59 Å². The smallest absolute Gasteiger partial charge is 0.295 e. The topological polar surface area (TPSA) is 107 Å². The van der Waals surface area contributed by atoms with Gasteiger partial charge in [0.1, 0.15) is 11.4 Å². The largest absolute Gasteiger partial charge is 0.497 e. The molecule has 0 aliphatic heterocycles. The molecule has 0 aliphatic carbocycles. The lowest BCUT2D eigenvalue weighted by atomic mass is 10.2. The van der Waals surface area contributed by atoms with E-state index in [-0.39, 0.29) is 17.2 Å². The van der Waals surface area contributed by atoms with E-state index in [0.717, 1.165) is 17.0 Å². The number of anilines is 1. The molecule has 2 aromatic heterocycles. The van der Waals surface area contributed by atoms with Crippen LogP contribution < -0.4 is 15.6 Å². The number of methoxy groups -OCH3 is 1. The van der Waals surface area contributed by atoms with E-state index in [1.54, 1.807) is 32.7 Å². The number of aromatic nitrogens is 5. The highest BCUT2D eigenvalue weighted by Crippen LogP contribution is 2.25. The summed E-state index contributed by atoms with van der Waals surface area (Å²) in [5.41, 5.74) is 2.21. The highest BCUT2D eigenvalue weighted by atomic mass is 32.2. The Morgan fingerprint density at radius 1 is 1.15 bits per heavy atom. The number of hydrogen-bond acceptors (Lipinski definition) is 6. The number of amides is 1. The molecule has 1 unspecified atom stereocenters. The van der Waals surface area contributed by atoms with E-state index < -0.39 is 5.25 Å². The zero-order valence-electron chi connectivity index (χ0n) is 18.7. The second-order valence-corrected chi connectivity index (χ2v) is 8.69. The molecular weight excluding hydrogens is 440 g/mol. The molecule has 0 saturated heterocycles. The van der Waals surface area contributed by atoms with E-state index in [2.05, 4.69) is 20.5 Å². The van der Waals surface area contributed by atoms with E-state index >= 15 is 0 Å². The summed E-state index contributed by atoms with van der Waals surface area (Å²) in [6, 6.07) is 16.7. The Morgan fingerprint density at radius 3 is 2.52 bits per heavy atom. The molecule has 0 fully saturated rings. The molecule has 33 heavy (non-hydrogen) atoms. The van der Waals surface area contributed by atoms with Crippen LogP contribution in [-0.2, 0) is 11.8 Å². The van der Waals surface area contributed by atoms with Gasteiger partial charge in [0.25, 0.3) is 5.56 Å². The van der Waals surface area contributed by atoms with Crippen molar-refractivity contribution in [3.8, 4) is 22.8 Å². The van der Waals surface area contributed by atoms with E-state index in [1.165, 1.54) is 16.4 Å². The van der Waals surface area contributed by atoms with Gasteiger partial charge in [0, 0.05) is 12.6 Å². The van der Waals surface area contributed by atoms with Crippen LogP contribution in [0, 0.1) is 6.92 Å². The van der Waals surface area contributed by atoms with Crippen molar-refractivity contribution < 1.29 is 9.53 Å². The van der Waals surface area contributed by atoms with Crippen molar-refractivity contribution in [2.24, 2.45) is 7.05 Å². The number of H-pyrrole nitrogens is 1. The van der Waals surface area contributed by atoms with Gasteiger partial charge in [-0.25, -0.2) is 9.67 Å². The number of benzene rings is 2. The zero-order valence-corrected chi connectivity index (χ0v) is 19.5. The summed E-state index contributed by atoms with van der Waals surface area (Å²) in [6.45, 7) is 3.54. The van der Waals surface area contributed by atoms with Gasteiger partial charge >= 0.3 is 0 Å². The average molecular weight is 465 g/mol. The van der Waals surface area contributed by atoms with Gasteiger partial charge in [-0.05, 0) is 50.2 Å². The molecule has 0 radical (unpaired) electrons. The first-order chi connectivity index (χ1) is 15.9. The molecule has 4 rings (SSSR count). The Hall–Kier alpha value is -3.79. The highest BCUT2D eigenvalue weighted by Gasteiger charge is 2.22. The Kier molecular flexibility index (Phi) is 6.36. The molecule has 10 heteroatoms. The summed E-state index contributed by atoms with van der Waals surface area (Å²) in [5.74, 6) is 1.04. The molecule has 4 aromatic rings. The SMILES string of the molecule is COc1ccc(-c2nc(SC(C)C(=O)Nc3c(C)n(C)n(-c4ccccc4)c3=O)n[nH]2)cc1. The summed E-state index contributed by atoms with van der Waals surface area (Å²) in [6.07, 6.45) is 0. The van der Waals surface area contributed by atoms with Gasteiger partial charge in [-0.1, -0.05) is 30.0 Å². The van der Waals surface area contributed by atoms with Crippen molar-refractivity contribution in [2.45, 2.75) is 24.3 Å². The number of aromatic amines is 1. The Balaban J connectivity index is 1.48. The summed E-state index contributed by atoms with van der Waals surface area (Å²) in [7, 11) is 3.39. The van der Waals surface area contributed by atoms with Crippen LogP contribution in [0.25, 0.3) is 17.1 Å². The summed E-state index contributed by atoms with van der Waals surface area (Å²) in [5, 5.41) is 9.80. The fourth-order valence-electron chi connectivity index (χ4n) is 3.33. The number of hydrogen-bond donors (Lipinski definition) is 2. The second-order valence-electron chi connectivity index (χ2n) is 7.38. The summed E-state index contributed by atoms with van der Waals surface area (Å²) in [4.78, 5) is 30.3. The number of nitrogens with one attached hydrogen (secondary N) is 2. The van der Waals surface area contributed by atoms with Crippen LogP contribution in [0.2, 0.25) is 0 Å². The van der Waals surface area contributed by atoms with Crippen LogP contribution in [-0.4, -0.2) is 42.8 Å². The maximum atomic E-state index is 13.0. The number of nitrogens with zero attached hydrogens (tertiary/aromatic N) is 4. The Labute approximate surface area is 194 Å². The van der Waals surface area contributed by atoms with Crippen LogP contribution in [0.15, 0.2) is 64.5 Å². The van der Waals surface area contributed by atoms with Crippen molar-refractivity contribution >= 4 is 23.4 Å². The molecule has 2 aromatic carbocycles. The number of thioether (sulfide) groups is 1. The first kappa shape index (κ1) is 22.4. The molecular formula is C23H24N6O3S. The van der Waals surface area contributed by atoms with E-state index in [0.29, 0.717) is 16.7 Å². The average Bonchev–Trinajstić information content (AvgIpc) is 3.38. The van der Waals surface area contributed by atoms with Gasteiger partial charge in [0.05, 0.1) is 23.7 Å². The lowest BCUT2D eigenvalue weighted by molar-refractivity contribution is -0.115. The standard InChI is InChI=1S/C23H24N6O3S/c1-14-19(22(31)29(28(14)3)17-8-6-5-7-9-17)24-21(30)15(2)33-23-25-20(26-27-23)16-10-12-18(32-4)13-11-16/h5-13,15H,1-4H3,(H,24,30)(H,25,26,27). The third-order valence-electron chi connectivity index (χ3n) is 5.28. The van der Waals surface area contributed by atoms with Crippen LogP contribution >= 0.6 is 11.8 Å². The minimum absolute atomic E-state index is 0.257. The van der Waals surface area contributed by atoms with E-state index in [4.69, 9.17) is 4.74 Å². The molecule has 0 aliphatic rings. The van der Waals surface area contributed by atoms with Gasteiger partial charge in [0.15, 0.2) is 5.82 Å². The second kappa shape index (κ2) is 9.37. The quantitative estimate of drug-likeness (QED) is 0.406. The van der Waals surface area contributed by atoms with Gasteiger partial charge in [-0.2, -0.15) is 0 Å². The lowest BCUT2D eigenvalue weighted by Crippen LogP contribution is -2.27. The van der Waals surface area contributed by atoms with Crippen molar-refractivity contribution in [1.29, 1.82) is 0 Å². The molecule has 2 N–H and O–H groups in total. The molecule has 1 atom stereocenters. The highest BCUT2D eigenvalue weighted by molar-refractivity contribution is 8.00. The maximum Gasteiger partial charge on any atom is 0.295 e. The van der Waals surface area contributed by atoms with Gasteiger partial charge in [0.2, 0.25) is 11.1 Å². The molecule has 170 valence electrons. The number of ether oxygens (including phenoxy) is 1. The van der Waals surface area contributed by atoms with Crippen molar-refractivity contribution in [3.63, 3.8) is 0 Å². The third-order valence-corrected chi connectivity index (χ3v) is 6.24. The number of rotatable bonds is 7. The number of carbonyl (C=O) groups is 1. The lowest BCUT2D eigenvalue weighted by Gasteiger charge is -2.09. The van der Waals surface area contributed by atoms with Crippen molar-refractivity contribution in [1.82, 2.24) is 24.5 Å². The van der Waals surface area contributed by atoms with Crippen molar-refractivity contribution in [2.75, 3.05) is 12.4 Å². The maximum absolute atomic E-state index is 13.0. The summed E-state index contributed by atoms with van der Waals surface area (Å²) < 4.78 is 8.42.